The normalized spacial score (nSPS) is 15.2. The number of rotatable bonds is 4. The maximum atomic E-state index is 12.4. The van der Waals surface area contributed by atoms with E-state index in [4.69, 9.17) is 16.1 Å². The number of hydrogen-bond donors (Lipinski definition) is 0. The zero-order valence-electron chi connectivity index (χ0n) is 15.3. The van der Waals surface area contributed by atoms with Crippen molar-refractivity contribution in [2.45, 2.75) is 18.8 Å². The van der Waals surface area contributed by atoms with Gasteiger partial charge < -0.3 is 9.42 Å². The fourth-order valence-corrected chi connectivity index (χ4v) is 3.52. The number of halogens is 1. The van der Waals surface area contributed by atoms with E-state index in [2.05, 4.69) is 10.1 Å². The zero-order chi connectivity index (χ0) is 19.3. The Balaban J connectivity index is 1.35. The lowest BCUT2D eigenvalue weighted by Crippen LogP contribution is -2.36. The SMILES string of the molecule is O=C(/C=C/c1ccccc1)N1CCC(c2nc(-c3cccc(Cl)c3)no2)CC1. The Kier molecular flexibility index (Phi) is 5.53. The van der Waals surface area contributed by atoms with Gasteiger partial charge in [-0.05, 0) is 36.6 Å². The van der Waals surface area contributed by atoms with Crippen molar-refractivity contribution in [2.75, 3.05) is 13.1 Å². The summed E-state index contributed by atoms with van der Waals surface area (Å²) in [4.78, 5) is 18.8. The highest BCUT2D eigenvalue weighted by atomic mass is 35.5. The molecular formula is C22H20ClN3O2. The van der Waals surface area contributed by atoms with E-state index >= 15 is 0 Å². The average molecular weight is 394 g/mol. The molecule has 1 aromatic heterocycles. The first-order valence-corrected chi connectivity index (χ1v) is 9.68. The summed E-state index contributed by atoms with van der Waals surface area (Å²) in [7, 11) is 0. The van der Waals surface area contributed by atoms with Crippen molar-refractivity contribution in [3.05, 3.63) is 77.2 Å². The van der Waals surface area contributed by atoms with E-state index in [-0.39, 0.29) is 11.8 Å². The number of carbonyl (C=O) groups is 1. The van der Waals surface area contributed by atoms with E-state index in [1.807, 2.05) is 65.6 Å². The molecule has 2 aromatic carbocycles. The summed E-state index contributed by atoms with van der Waals surface area (Å²) in [5, 5.41) is 4.72. The van der Waals surface area contributed by atoms with Crippen LogP contribution >= 0.6 is 11.6 Å². The topological polar surface area (TPSA) is 59.2 Å². The van der Waals surface area contributed by atoms with Crippen molar-refractivity contribution in [3.8, 4) is 11.4 Å². The van der Waals surface area contributed by atoms with Gasteiger partial charge in [0.1, 0.15) is 0 Å². The molecule has 0 atom stereocenters. The van der Waals surface area contributed by atoms with Crippen molar-refractivity contribution in [1.82, 2.24) is 15.0 Å². The van der Waals surface area contributed by atoms with Gasteiger partial charge in [0.2, 0.25) is 17.6 Å². The molecule has 28 heavy (non-hydrogen) atoms. The zero-order valence-corrected chi connectivity index (χ0v) is 16.0. The highest BCUT2D eigenvalue weighted by molar-refractivity contribution is 6.30. The molecule has 0 radical (unpaired) electrons. The van der Waals surface area contributed by atoms with Gasteiger partial charge in [-0.25, -0.2) is 0 Å². The molecule has 0 bridgehead atoms. The summed E-state index contributed by atoms with van der Waals surface area (Å²) in [5.41, 5.74) is 1.85. The number of likely N-dealkylation sites (tertiary alicyclic amines) is 1. The summed E-state index contributed by atoms with van der Waals surface area (Å²) in [5.74, 6) is 1.37. The van der Waals surface area contributed by atoms with Crippen molar-refractivity contribution >= 4 is 23.6 Å². The molecule has 5 nitrogen and oxygen atoms in total. The molecule has 0 saturated carbocycles. The summed E-state index contributed by atoms with van der Waals surface area (Å²) in [6.07, 6.45) is 5.10. The van der Waals surface area contributed by atoms with Crippen LogP contribution in [-0.4, -0.2) is 34.0 Å². The molecule has 1 saturated heterocycles. The minimum Gasteiger partial charge on any atom is -0.339 e. The predicted octanol–water partition coefficient (Wildman–Crippen LogP) is 4.81. The van der Waals surface area contributed by atoms with E-state index in [0.717, 1.165) is 24.0 Å². The molecule has 2 heterocycles. The highest BCUT2D eigenvalue weighted by Gasteiger charge is 2.27. The van der Waals surface area contributed by atoms with Crippen LogP contribution in [0.4, 0.5) is 0 Å². The van der Waals surface area contributed by atoms with Crippen molar-refractivity contribution in [3.63, 3.8) is 0 Å². The Morgan fingerprint density at radius 3 is 2.64 bits per heavy atom. The molecule has 142 valence electrons. The minimum absolute atomic E-state index is 0.0347. The van der Waals surface area contributed by atoms with Crippen LogP contribution < -0.4 is 0 Å². The number of aromatic nitrogens is 2. The van der Waals surface area contributed by atoms with Crippen molar-refractivity contribution < 1.29 is 9.32 Å². The number of benzene rings is 2. The van der Waals surface area contributed by atoms with Gasteiger partial charge in [0.15, 0.2) is 0 Å². The third-order valence-electron chi connectivity index (χ3n) is 4.90. The summed E-state index contributed by atoms with van der Waals surface area (Å²) >= 11 is 6.03. The van der Waals surface area contributed by atoms with Gasteiger partial charge in [0, 0.05) is 35.7 Å². The standard InChI is InChI=1S/C22H20ClN3O2/c23-19-8-4-7-18(15-19)21-24-22(28-25-21)17-11-13-26(14-12-17)20(27)10-9-16-5-2-1-3-6-16/h1-10,15,17H,11-14H2/b10-9+. The molecule has 1 aliphatic rings. The minimum atomic E-state index is 0.0347. The van der Waals surface area contributed by atoms with Gasteiger partial charge in [0.05, 0.1) is 0 Å². The van der Waals surface area contributed by atoms with Crippen LogP contribution in [0.25, 0.3) is 17.5 Å². The van der Waals surface area contributed by atoms with Crippen LogP contribution in [0.1, 0.15) is 30.2 Å². The number of amides is 1. The molecule has 1 fully saturated rings. The molecule has 0 aliphatic carbocycles. The van der Waals surface area contributed by atoms with E-state index in [1.165, 1.54) is 0 Å². The molecule has 1 aliphatic heterocycles. The molecule has 4 rings (SSSR count). The van der Waals surface area contributed by atoms with Crippen LogP contribution in [0.3, 0.4) is 0 Å². The quantitative estimate of drug-likeness (QED) is 0.597. The maximum absolute atomic E-state index is 12.4. The Labute approximate surface area is 168 Å². The molecule has 0 spiro atoms. The average Bonchev–Trinajstić information content (AvgIpc) is 3.23. The Morgan fingerprint density at radius 1 is 1.11 bits per heavy atom. The third-order valence-corrected chi connectivity index (χ3v) is 5.13. The second-order valence-electron chi connectivity index (χ2n) is 6.81. The van der Waals surface area contributed by atoms with Crippen LogP contribution in [0, 0.1) is 0 Å². The van der Waals surface area contributed by atoms with E-state index in [9.17, 15) is 4.79 Å². The second-order valence-corrected chi connectivity index (χ2v) is 7.25. The Hall–Kier alpha value is -2.92. The molecule has 0 unspecified atom stereocenters. The van der Waals surface area contributed by atoms with E-state index in [1.54, 1.807) is 6.08 Å². The number of carbonyl (C=O) groups excluding carboxylic acids is 1. The smallest absolute Gasteiger partial charge is 0.246 e. The van der Waals surface area contributed by atoms with Crippen LogP contribution in [0.5, 0.6) is 0 Å². The lowest BCUT2D eigenvalue weighted by atomic mass is 9.96. The monoisotopic (exact) mass is 393 g/mol. The summed E-state index contributed by atoms with van der Waals surface area (Å²) in [6.45, 7) is 1.36. The highest BCUT2D eigenvalue weighted by Crippen LogP contribution is 2.29. The maximum Gasteiger partial charge on any atom is 0.246 e. The lowest BCUT2D eigenvalue weighted by molar-refractivity contribution is -0.127. The van der Waals surface area contributed by atoms with Gasteiger partial charge in [-0.15, -0.1) is 0 Å². The second kappa shape index (κ2) is 8.40. The Bertz CT molecular complexity index is 976. The molecule has 1 amide bonds. The van der Waals surface area contributed by atoms with Crippen LogP contribution in [0.2, 0.25) is 5.02 Å². The lowest BCUT2D eigenvalue weighted by Gasteiger charge is -2.29. The van der Waals surface area contributed by atoms with Crippen molar-refractivity contribution in [1.29, 1.82) is 0 Å². The van der Waals surface area contributed by atoms with Gasteiger partial charge >= 0.3 is 0 Å². The van der Waals surface area contributed by atoms with Crippen LogP contribution in [-0.2, 0) is 4.79 Å². The molecular weight excluding hydrogens is 374 g/mol. The predicted molar refractivity (Wildman–Crippen MR) is 109 cm³/mol. The van der Waals surface area contributed by atoms with Crippen LogP contribution in [0.15, 0.2) is 65.2 Å². The first-order valence-electron chi connectivity index (χ1n) is 9.30. The number of hydrogen-bond acceptors (Lipinski definition) is 4. The van der Waals surface area contributed by atoms with Gasteiger partial charge in [-0.2, -0.15) is 4.98 Å². The van der Waals surface area contributed by atoms with Gasteiger partial charge in [-0.3, -0.25) is 4.79 Å². The third kappa shape index (κ3) is 4.31. The largest absolute Gasteiger partial charge is 0.339 e. The fraction of sp³-hybridized carbons (Fsp3) is 0.227. The number of piperidine rings is 1. The number of nitrogens with zero attached hydrogens (tertiary/aromatic N) is 3. The van der Waals surface area contributed by atoms with Gasteiger partial charge in [-0.1, -0.05) is 59.2 Å². The van der Waals surface area contributed by atoms with E-state index < -0.39 is 0 Å². The summed E-state index contributed by atoms with van der Waals surface area (Å²) < 4.78 is 5.48. The molecule has 6 heteroatoms. The van der Waals surface area contributed by atoms with E-state index in [0.29, 0.717) is 29.8 Å². The molecule has 3 aromatic rings. The summed E-state index contributed by atoms with van der Waals surface area (Å²) in [6, 6.07) is 17.2. The van der Waals surface area contributed by atoms with Gasteiger partial charge in [0.25, 0.3) is 0 Å². The Morgan fingerprint density at radius 2 is 1.89 bits per heavy atom. The van der Waals surface area contributed by atoms with Crippen molar-refractivity contribution in [2.24, 2.45) is 0 Å². The first-order chi connectivity index (χ1) is 13.7. The fourth-order valence-electron chi connectivity index (χ4n) is 3.33. The molecule has 0 N–H and O–H groups in total. The first kappa shape index (κ1) is 18.4.